The molecular formula is C14H3F5O5-2. The van der Waals surface area contributed by atoms with E-state index in [1.807, 2.05) is 0 Å². The summed E-state index contributed by atoms with van der Waals surface area (Å²) in [5.74, 6) is -17.9. The molecule has 0 amide bonds. The van der Waals surface area contributed by atoms with E-state index in [-0.39, 0.29) is 0 Å². The van der Waals surface area contributed by atoms with Crippen molar-refractivity contribution in [3.8, 4) is 11.5 Å². The van der Waals surface area contributed by atoms with Crippen LogP contribution in [0.25, 0.3) is 0 Å². The Kier molecular flexibility index (Phi) is 4.40. The summed E-state index contributed by atoms with van der Waals surface area (Å²) in [5, 5.41) is 21.5. The first-order valence-corrected chi connectivity index (χ1v) is 5.90. The predicted octanol–water partition coefficient (Wildman–Crippen LogP) is 0.901. The van der Waals surface area contributed by atoms with Crippen molar-refractivity contribution in [2.45, 2.75) is 0 Å². The van der Waals surface area contributed by atoms with E-state index in [0.29, 0.717) is 18.2 Å². The van der Waals surface area contributed by atoms with Gasteiger partial charge in [-0.1, -0.05) is 0 Å². The van der Waals surface area contributed by atoms with E-state index >= 15 is 0 Å². The Morgan fingerprint density at radius 1 is 0.708 bits per heavy atom. The average Bonchev–Trinajstić information content (AvgIpc) is 2.54. The predicted molar refractivity (Wildman–Crippen MR) is 61.4 cm³/mol. The lowest BCUT2D eigenvalue weighted by molar-refractivity contribution is -0.255. The molecule has 0 atom stereocenters. The minimum atomic E-state index is -2.42. The van der Waals surface area contributed by atoms with Crippen LogP contribution in [-0.4, -0.2) is 11.9 Å². The molecule has 0 N–H and O–H groups in total. The van der Waals surface area contributed by atoms with Crippen molar-refractivity contribution in [3.05, 3.63) is 58.4 Å². The minimum absolute atomic E-state index is 0.569. The van der Waals surface area contributed by atoms with Gasteiger partial charge in [0.2, 0.25) is 34.8 Å². The van der Waals surface area contributed by atoms with Gasteiger partial charge >= 0.3 is 0 Å². The molecule has 0 radical (unpaired) electrons. The first kappa shape index (κ1) is 17.2. The molecule has 0 heterocycles. The highest BCUT2D eigenvalue weighted by atomic mass is 19.2. The molecule has 24 heavy (non-hydrogen) atoms. The SMILES string of the molecule is O=C([O-])c1cc(Oc2c(F)c(F)c(F)c(F)c2F)cc(C(=O)[O-])c1. The fourth-order valence-electron chi connectivity index (χ4n) is 1.69. The summed E-state index contributed by atoms with van der Waals surface area (Å²) in [4.78, 5) is 21.5. The molecule has 10 heteroatoms. The summed E-state index contributed by atoms with van der Waals surface area (Å²) >= 11 is 0. The van der Waals surface area contributed by atoms with Gasteiger partial charge in [-0.2, -0.15) is 8.78 Å². The van der Waals surface area contributed by atoms with E-state index in [0.717, 1.165) is 0 Å². The van der Waals surface area contributed by atoms with Gasteiger partial charge in [-0.15, -0.1) is 0 Å². The minimum Gasteiger partial charge on any atom is -0.545 e. The van der Waals surface area contributed by atoms with E-state index in [4.69, 9.17) is 0 Å². The van der Waals surface area contributed by atoms with Gasteiger partial charge < -0.3 is 24.5 Å². The van der Waals surface area contributed by atoms with Crippen molar-refractivity contribution in [1.82, 2.24) is 0 Å². The van der Waals surface area contributed by atoms with Crippen LogP contribution in [0.1, 0.15) is 20.7 Å². The van der Waals surface area contributed by atoms with Gasteiger partial charge in [0.05, 0.1) is 11.9 Å². The van der Waals surface area contributed by atoms with Crippen molar-refractivity contribution < 1.29 is 46.5 Å². The number of carbonyl (C=O) groups is 2. The van der Waals surface area contributed by atoms with Gasteiger partial charge in [-0.05, 0) is 18.2 Å². The summed E-state index contributed by atoms with van der Waals surface area (Å²) in [5.41, 5.74) is -1.56. The van der Waals surface area contributed by atoms with Crippen LogP contribution in [0.15, 0.2) is 18.2 Å². The van der Waals surface area contributed by atoms with Crippen LogP contribution < -0.4 is 14.9 Å². The topological polar surface area (TPSA) is 89.5 Å². The van der Waals surface area contributed by atoms with Crippen molar-refractivity contribution in [3.63, 3.8) is 0 Å². The molecule has 0 aliphatic heterocycles. The zero-order valence-corrected chi connectivity index (χ0v) is 11.2. The van der Waals surface area contributed by atoms with Crippen molar-refractivity contribution in [1.29, 1.82) is 0 Å². The average molecular weight is 346 g/mol. The van der Waals surface area contributed by atoms with Gasteiger partial charge in [-0.3, -0.25) is 0 Å². The Morgan fingerprint density at radius 3 is 1.46 bits per heavy atom. The number of carboxylic acids is 2. The molecule has 0 saturated heterocycles. The third-order valence-electron chi connectivity index (χ3n) is 2.77. The smallest absolute Gasteiger partial charge is 0.207 e. The number of halogens is 5. The lowest BCUT2D eigenvalue weighted by Crippen LogP contribution is -2.25. The first-order valence-electron chi connectivity index (χ1n) is 5.90. The van der Waals surface area contributed by atoms with Gasteiger partial charge in [0.1, 0.15) is 5.75 Å². The number of hydrogen-bond donors (Lipinski definition) is 0. The lowest BCUT2D eigenvalue weighted by Gasteiger charge is -2.13. The molecule has 0 aliphatic rings. The molecule has 0 unspecified atom stereocenters. The maximum Gasteiger partial charge on any atom is 0.207 e. The monoisotopic (exact) mass is 346 g/mol. The lowest BCUT2D eigenvalue weighted by atomic mass is 10.1. The Balaban J connectivity index is 2.60. The number of aromatic carboxylic acids is 2. The molecule has 2 aromatic rings. The number of carboxylic acid groups (broad SMARTS) is 2. The maximum atomic E-state index is 13.5. The quantitative estimate of drug-likeness (QED) is 0.466. The second-order valence-electron chi connectivity index (χ2n) is 4.32. The molecule has 0 aromatic heterocycles. The van der Waals surface area contributed by atoms with Crippen LogP contribution in [0.2, 0.25) is 0 Å². The normalized spacial score (nSPS) is 10.5. The summed E-state index contributed by atoms with van der Waals surface area (Å²) in [7, 11) is 0. The molecule has 2 aromatic carbocycles. The Bertz CT molecular complexity index is 804. The highest BCUT2D eigenvalue weighted by molar-refractivity contribution is 5.92. The molecule has 0 saturated carbocycles. The summed E-state index contributed by atoms with van der Waals surface area (Å²) in [6, 6.07) is 1.73. The van der Waals surface area contributed by atoms with Crippen LogP contribution >= 0.6 is 0 Å². The zero-order chi connectivity index (χ0) is 18.2. The summed E-state index contributed by atoms with van der Waals surface area (Å²) in [6.07, 6.45) is 0. The van der Waals surface area contributed by atoms with Crippen LogP contribution in [0.5, 0.6) is 11.5 Å². The van der Waals surface area contributed by atoms with Gasteiger partial charge in [0.25, 0.3) is 0 Å². The van der Waals surface area contributed by atoms with Crippen molar-refractivity contribution in [2.75, 3.05) is 0 Å². The number of rotatable bonds is 4. The van der Waals surface area contributed by atoms with E-state index in [9.17, 15) is 41.8 Å². The fourth-order valence-corrected chi connectivity index (χ4v) is 1.69. The van der Waals surface area contributed by atoms with E-state index in [2.05, 4.69) is 4.74 Å². The largest absolute Gasteiger partial charge is 0.545 e. The first-order chi connectivity index (χ1) is 11.1. The van der Waals surface area contributed by atoms with Crippen LogP contribution in [-0.2, 0) is 0 Å². The second-order valence-corrected chi connectivity index (χ2v) is 4.32. The maximum absolute atomic E-state index is 13.5. The number of benzene rings is 2. The molecule has 0 fully saturated rings. The van der Waals surface area contributed by atoms with Gasteiger partial charge in [0, 0.05) is 11.1 Å². The third kappa shape index (κ3) is 2.98. The molecule has 0 spiro atoms. The van der Waals surface area contributed by atoms with E-state index < -0.39 is 63.7 Å². The van der Waals surface area contributed by atoms with E-state index in [1.54, 1.807) is 0 Å². The summed E-state index contributed by atoms with van der Waals surface area (Å²) in [6.45, 7) is 0. The molecule has 0 bridgehead atoms. The van der Waals surface area contributed by atoms with Crippen LogP contribution in [0.4, 0.5) is 22.0 Å². The molecular weight excluding hydrogens is 343 g/mol. The highest BCUT2D eigenvalue weighted by Gasteiger charge is 2.27. The Morgan fingerprint density at radius 2 is 1.08 bits per heavy atom. The number of ether oxygens (including phenoxy) is 1. The molecule has 126 valence electrons. The highest BCUT2D eigenvalue weighted by Crippen LogP contribution is 2.33. The van der Waals surface area contributed by atoms with E-state index in [1.165, 1.54) is 0 Å². The standard InChI is InChI=1S/C14H5F5O5/c15-7-8(16)10(18)12(11(19)9(7)17)24-6-2-4(13(20)21)1-5(3-6)14(22)23/h1-3H,(H,20,21)(H,22,23)/p-2. The third-order valence-corrected chi connectivity index (χ3v) is 2.77. The molecule has 0 aliphatic carbocycles. The zero-order valence-electron chi connectivity index (χ0n) is 11.2. The molecule has 2 rings (SSSR count). The van der Waals surface area contributed by atoms with Gasteiger partial charge in [0.15, 0.2) is 0 Å². The fraction of sp³-hybridized carbons (Fsp3) is 0. The Hall–Kier alpha value is -3.17. The van der Waals surface area contributed by atoms with Crippen LogP contribution in [0.3, 0.4) is 0 Å². The molecule has 5 nitrogen and oxygen atoms in total. The van der Waals surface area contributed by atoms with Crippen LogP contribution in [0, 0.1) is 29.1 Å². The van der Waals surface area contributed by atoms with Gasteiger partial charge in [-0.25, -0.2) is 13.2 Å². The van der Waals surface area contributed by atoms with Crippen molar-refractivity contribution >= 4 is 11.9 Å². The number of carbonyl (C=O) groups excluding carboxylic acids is 2. The van der Waals surface area contributed by atoms with Crippen molar-refractivity contribution in [2.24, 2.45) is 0 Å². The number of hydrogen-bond acceptors (Lipinski definition) is 5. The second kappa shape index (κ2) is 6.14. The summed E-state index contributed by atoms with van der Waals surface area (Å²) < 4.78 is 70.5. The Labute approximate surface area is 129 Å².